The molecule has 0 saturated heterocycles. The van der Waals surface area contributed by atoms with Crippen molar-refractivity contribution >= 4 is 5.91 Å². The molecule has 94 valence electrons. The van der Waals surface area contributed by atoms with E-state index in [0.717, 1.165) is 5.56 Å². The summed E-state index contributed by atoms with van der Waals surface area (Å²) in [4.78, 5) is 12.3. The van der Waals surface area contributed by atoms with Crippen LogP contribution in [-0.2, 0) is 10.2 Å². The van der Waals surface area contributed by atoms with Crippen molar-refractivity contribution in [3.8, 4) is 0 Å². The molecule has 0 aliphatic carbocycles. The molecule has 0 aliphatic heterocycles. The summed E-state index contributed by atoms with van der Waals surface area (Å²) < 4.78 is 0. The molecule has 0 aromatic heterocycles. The van der Waals surface area contributed by atoms with Crippen molar-refractivity contribution in [2.45, 2.75) is 46.1 Å². The molecular formula is C15H23NO. The summed E-state index contributed by atoms with van der Waals surface area (Å²) in [5.74, 6) is 0.537. The van der Waals surface area contributed by atoms with Crippen molar-refractivity contribution in [3.05, 3.63) is 35.9 Å². The van der Waals surface area contributed by atoms with Gasteiger partial charge in [0, 0.05) is 6.04 Å². The predicted molar refractivity (Wildman–Crippen MR) is 71.9 cm³/mol. The minimum Gasteiger partial charge on any atom is -0.353 e. The van der Waals surface area contributed by atoms with Gasteiger partial charge in [-0.25, -0.2) is 0 Å². The van der Waals surface area contributed by atoms with E-state index < -0.39 is 5.41 Å². The number of carbonyl (C=O) groups is 1. The van der Waals surface area contributed by atoms with Gasteiger partial charge in [-0.2, -0.15) is 0 Å². The summed E-state index contributed by atoms with van der Waals surface area (Å²) >= 11 is 0. The highest BCUT2D eigenvalue weighted by Gasteiger charge is 2.30. The first-order valence-electron chi connectivity index (χ1n) is 6.22. The first-order chi connectivity index (χ1) is 7.85. The van der Waals surface area contributed by atoms with Gasteiger partial charge < -0.3 is 5.32 Å². The summed E-state index contributed by atoms with van der Waals surface area (Å²) in [7, 11) is 0. The number of hydrogen-bond acceptors (Lipinski definition) is 1. The van der Waals surface area contributed by atoms with Gasteiger partial charge in [0.1, 0.15) is 0 Å². The fraction of sp³-hybridized carbons (Fsp3) is 0.533. The van der Waals surface area contributed by atoms with Gasteiger partial charge in [-0.05, 0) is 32.3 Å². The minimum absolute atomic E-state index is 0.0879. The molecule has 1 N–H and O–H groups in total. The molecule has 1 atom stereocenters. The van der Waals surface area contributed by atoms with Crippen LogP contribution in [0.5, 0.6) is 0 Å². The average molecular weight is 233 g/mol. The molecule has 2 nitrogen and oxygen atoms in total. The van der Waals surface area contributed by atoms with E-state index in [1.165, 1.54) is 0 Å². The van der Waals surface area contributed by atoms with Gasteiger partial charge in [0.05, 0.1) is 5.41 Å². The molecule has 1 rings (SSSR count). The highest BCUT2D eigenvalue weighted by Crippen LogP contribution is 2.23. The highest BCUT2D eigenvalue weighted by molar-refractivity contribution is 5.87. The molecule has 17 heavy (non-hydrogen) atoms. The van der Waals surface area contributed by atoms with Crippen LogP contribution in [0.1, 0.15) is 40.2 Å². The molecule has 1 amide bonds. The van der Waals surface area contributed by atoms with Gasteiger partial charge in [0.2, 0.25) is 5.91 Å². The maximum absolute atomic E-state index is 12.3. The first kappa shape index (κ1) is 13.8. The summed E-state index contributed by atoms with van der Waals surface area (Å²) in [6, 6.07) is 10.1. The Bertz CT molecular complexity index is 368. The van der Waals surface area contributed by atoms with Crippen LogP contribution in [0.25, 0.3) is 0 Å². The third kappa shape index (κ3) is 3.32. The zero-order chi connectivity index (χ0) is 13.1. The number of benzene rings is 1. The van der Waals surface area contributed by atoms with E-state index >= 15 is 0 Å². The van der Waals surface area contributed by atoms with Gasteiger partial charge in [-0.3, -0.25) is 4.79 Å². The zero-order valence-corrected chi connectivity index (χ0v) is 11.4. The summed E-state index contributed by atoms with van der Waals surface area (Å²) in [6.07, 6.45) is 0. The molecule has 0 heterocycles. The Morgan fingerprint density at radius 3 is 2.12 bits per heavy atom. The van der Waals surface area contributed by atoms with E-state index in [1.54, 1.807) is 0 Å². The minimum atomic E-state index is -0.482. The largest absolute Gasteiger partial charge is 0.353 e. The fourth-order valence-corrected chi connectivity index (χ4v) is 1.54. The van der Waals surface area contributed by atoms with Crippen molar-refractivity contribution in [2.75, 3.05) is 0 Å². The first-order valence-corrected chi connectivity index (χ1v) is 6.22. The molecule has 0 spiro atoms. The van der Waals surface area contributed by atoms with Gasteiger partial charge in [-0.15, -0.1) is 0 Å². The topological polar surface area (TPSA) is 29.1 Å². The molecule has 1 aromatic carbocycles. The normalized spacial score (nSPS) is 13.5. The summed E-state index contributed by atoms with van der Waals surface area (Å²) in [5, 5.41) is 3.08. The zero-order valence-electron chi connectivity index (χ0n) is 11.4. The molecule has 0 radical (unpaired) electrons. The Morgan fingerprint density at radius 2 is 1.65 bits per heavy atom. The van der Waals surface area contributed by atoms with Crippen LogP contribution in [0.3, 0.4) is 0 Å². The third-order valence-electron chi connectivity index (χ3n) is 3.42. The van der Waals surface area contributed by atoms with E-state index in [1.807, 2.05) is 51.1 Å². The third-order valence-corrected chi connectivity index (χ3v) is 3.42. The summed E-state index contributed by atoms with van der Waals surface area (Å²) in [6.45, 7) is 10.2. The van der Waals surface area contributed by atoms with Gasteiger partial charge >= 0.3 is 0 Å². The van der Waals surface area contributed by atoms with Crippen LogP contribution in [0.15, 0.2) is 30.3 Å². The smallest absolute Gasteiger partial charge is 0.230 e. The Labute approximate surface area is 104 Å². The highest BCUT2D eigenvalue weighted by atomic mass is 16.2. The lowest BCUT2D eigenvalue weighted by atomic mass is 9.83. The van der Waals surface area contributed by atoms with E-state index in [0.29, 0.717) is 5.92 Å². The van der Waals surface area contributed by atoms with Gasteiger partial charge in [-0.1, -0.05) is 44.2 Å². The summed E-state index contributed by atoms with van der Waals surface area (Å²) in [5.41, 5.74) is 0.568. The van der Waals surface area contributed by atoms with Gasteiger partial charge in [0.25, 0.3) is 0 Å². The number of nitrogens with one attached hydrogen (secondary N) is 1. The molecular weight excluding hydrogens is 210 g/mol. The van der Waals surface area contributed by atoms with E-state index in [-0.39, 0.29) is 11.9 Å². The van der Waals surface area contributed by atoms with Crippen molar-refractivity contribution in [2.24, 2.45) is 5.92 Å². The second-order valence-electron chi connectivity index (χ2n) is 5.50. The van der Waals surface area contributed by atoms with Gasteiger partial charge in [0.15, 0.2) is 0 Å². The molecule has 1 aromatic rings. The fourth-order valence-electron chi connectivity index (χ4n) is 1.54. The van der Waals surface area contributed by atoms with E-state index in [2.05, 4.69) is 19.2 Å². The lowest BCUT2D eigenvalue weighted by molar-refractivity contribution is -0.126. The molecule has 0 bridgehead atoms. The number of hydrogen-bond donors (Lipinski definition) is 1. The molecule has 0 saturated carbocycles. The van der Waals surface area contributed by atoms with Crippen molar-refractivity contribution in [1.82, 2.24) is 5.32 Å². The Balaban J connectivity index is 2.81. The Hall–Kier alpha value is -1.31. The van der Waals surface area contributed by atoms with Crippen LogP contribution >= 0.6 is 0 Å². The Kier molecular flexibility index (Phi) is 4.33. The van der Waals surface area contributed by atoms with Crippen LogP contribution in [0.2, 0.25) is 0 Å². The SMILES string of the molecule is CC(C)C(C)NC(=O)C(C)(C)c1ccccc1. The predicted octanol–water partition coefficient (Wildman–Crippen LogP) is 3.12. The lowest BCUT2D eigenvalue weighted by Gasteiger charge is -2.27. The number of amides is 1. The molecule has 0 aliphatic rings. The quantitative estimate of drug-likeness (QED) is 0.850. The van der Waals surface area contributed by atoms with Crippen molar-refractivity contribution < 1.29 is 4.79 Å². The standard InChI is InChI=1S/C15H23NO/c1-11(2)12(3)16-14(17)15(4,5)13-9-7-6-8-10-13/h6-12H,1-5H3,(H,16,17). The second-order valence-corrected chi connectivity index (χ2v) is 5.50. The van der Waals surface area contributed by atoms with Crippen LogP contribution < -0.4 is 5.32 Å². The molecule has 0 fully saturated rings. The van der Waals surface area contributed by atoms with Crippen LogP contribution in [0.4, 0.5) is 0 Å². The number of rotatable bonds is 4. The molecule has 1 unspecified atom stereocenters. The average Bonchev–Trinajstić information content (AvgIpc) is 2.29. The lowest BCUT2D eigenvalue weighted by Crippen LogP contribution is -2.45. The van der Waals surface area contributed by atoms with Crippen molar-refractivity contribution in [3.63, 3.8) is 0 Å². The number of carbonyl (C=O) groups excluding carboxylic acids is 1. The second kappa shape index (κ2) is 5.35. The van der Waals surface area contributed by atoms with E-state index in [4.69, 9.17) is 0 Å². The van der Waals surface area contributed by atoms with Crippen LogP contribution in [-0.4, -0.2) is 11.9 Å². The van der Waals surface area contributed by atoms with E-state index in [9.17, 15) is 4.79 Å². The monoisotopic (exact) mass is 233 g/mol. The van der Waals surface area contributed by atoms with Crippen molar-refractivity contribution in [1.29, 1.82) is 0 Å². The molecule has 2 heteroatoms. The van der Waals surface area contributed by atoms with Crippen LogP contribution in [0, 0.1) is 5.92 Å². The maximum Gasteiger partial charge on any atom is 0.230 e. The maximum atomic E-state index is 12.3. The Morgan fingerprint density at radius 1 is 1.12 bits per heavy atom.